The predicted octanol–water partition coefficient (Wildman–Crippen LogP) is 4.10. The average Bonchev–Trinajstić information content (AvgIpc) is 2.70. The van der Waals surface area contributed by atoms with Gasteiger partial charge in [-0.3, -0.25) is 25.2 Å². The zero-order valence-electron chi connectivity index (χ0n) is 15.8. The Hall–Kier alpha value is -2.57. The largest absolute Gasteiger partial charge is 0.466 e. The van der Waals surface area contributed by atoms with Crippen LogP contribution >= 0.6 is 23.2 Å². The van der Waals surface area contributed by atoms with Crippen molar-refractivity contribution in [2.24, 2.45) is 0 Å². The van der Waals surface area contributed by atoms with Gasteiger partial charge in [0.1, 0.15) is 0 Å². The minimum absolute atomic E-state index is 0.0771. The van der Waals surface area contributed by atoms with Crippen molar-refractivity contribution in [1.82, 2.24) is 10.9 Å². The fraction of sp³-hybridized carbons (Fsp3) is 0.286. The van der Waals surface area contributed by atoms with Gasteiger partial charge in [-0.05, 0) is 43.0 Å². The first-order valence-electron chi connectivity index (χ1n) is 9.19. The zero-order valence-corrected chi connectivity index (χ0v) is 17.3. The number of rotatable bonds is 9. The van der Waals surface area contributed by atoms with E-state index in [2.05, 4.69) is 10.9 Å². The van der Waals surface area contributed by atoms with Crippen molar-refractivity contribution in [1.29, 1.82) is 0 Å². The molecule has 0 radical (unpaired) electrons. The van der Waals surface area contributed by atoms with Crippen LogP contribution in [0.4, 0.5) is 0 Å². The smallest absolute Gasteiger partial charge is 0.305 e. The van der Waals surface area contributed by atoms with E-state index in [1.54, 1.807) is 0 Å². The summed E-state index contributed by atoms with van der Waals surface area (Å²) in [4.78, 5) is 35.5. The van der Waals surface area contributed by atoms with E-state index in [1.165, 1.54) is 23.8 Å². The highest BCUT2D eigenvalue weighted by Gasteiger charge is 2.12. The van der Waals surface area contributed by atoms with Crippen LogP contribution in [0.3, 0.4) is 0 Å². The van der Waals surface area contributed by atoms with E-state index in [0.717, 1.165) is 12.8 Å². The number of esters is 1. The zero-order chi connectivity index (χ0) is 21.1. The molecule has 29 heavy (non-hydrogen) atoms. The van der Waals surface area contributed by atoms with Gasteiger partial charge in [0.2, 0.25) is 5.91 Å². The van der Waals surface area contributed by atoms with Crippen LogP contribution in [0.2, 0.25) is 10.0 Å². The van der Waals surface area contributed by atoms with Gasteiger partial charge in [0.05, 0.1) is 17.2 Å². The quantitative estimate of drug-likeness (QED) is 0.352. The SMILES string of the molecule is O=C(CCCC(=O)OCCCc1ccccc1)NNC(=O)c1ccc(Cl)cc1Cl. The third-order valence-electron chi connectivity index (χ3n) is 3.99. The molecule has 0 aromatic heterocycles. The van der Waals surface area contributed by atoms with Crippen molar-refractivity contribution in [2.45, 2.75) is 32.1 Å². The van der Waals surface area contributed by atoms with E-state index in [1.807, 2.05) is 30.3 Å². The lowest BCUT2D eigenvalue weighted by Gasteiger charge is -2.09. The molecule has 0 heterocycles. The number of carbonyl (C=O) groups is 3. The Morgan fingerprint density at radius 3 is 2.38 bits per heavy atom. The summed E-state index contributed by atoms with van der Waals surface area (Å²) >= 11 is 11.7. The molecule has 2 aromatic carbocycles. The minimum atomic E-state index is -0.558. The predicted molar refractivity (Wildman–Crippen MR) is 112 cm³/mol. The highest BCUT2D eigenvalue weighted by Crippen LogP contribution is 2.20. The van der Waals surface area contributed by atoms with Gasteiger partial charge in [0.25, 0.3) is 5.91 Å². The molecule has 154 valence electrons. The number of amides is 2. The second kappa shape index (κ2) is 12.1. The number of nitrogens with one attached hydrogen (secondary N) is 2. The van der Waals surface area contributed by atoms with Crippen molar-refractivity contribution in [2.75, 3.05) is 6.61 Å². The molecular weight excluding hydrogens is 415 g/mol. The van der Waals surface area contributed by atoms with Crippen LogP contribution < -0.4 is 10.9 Å². The van der Waals surface area contributed by atoms with Crippen molar-refractivity contribution in [3.05, 3.63) is 69.7 Å². The summed E-state index contributed by atoms with van der Waals surface area (Å²) in [6, 6.07) is 14.4. The Morgan fingerprint density at radius 1 is 0.897 bits per heavy atom. The van der Waals surface area contributed by atoms with Crippen LogP contribution in [0.1, 0.15) is 41.6 Å². The standard InChI is InChI=1S/C21H22Cl2N2O4/c22-16-11-12-17(18(23)14-16)21(28)25-24-19(26)9-4-10-20(27)29-13-5-8-15-6-2-1-3-7-15/h1-3,6-7,11-12,14H,4-5,8-10,13H2,(H,24,26)(H,25,28). The third-order valence-corrected chi connectivity index (χ3v) is 4.54. The first-order valence-corrected chi connectivity index (χ1v) is 9.95. The first kappa shape index (κ1) is 22.7. The molecule has 2 N–H and O–H groups in total. The maximum atomic E-state index is 12.0. The van der Waals surface area contributed by atoms with Crippen molar-refractivity contribution < 1.29 is 19.1 Å². The van der Waals surface area contributed by atoms with Crippen LogP contribution in [0.5, 0.6) is 0 Å². The Kier molecular flexibility index (Phi) is 9.47. The molecule has 0 saturated heterocycles. The lowest BCUT2D eigenvalue weighted by Crippen LogP contribution is -2.41. The topological polar surface area (TPSA) is 84.5 Å². The van der Waals surface area contributed by atoms with E-state index in [9.17, 15) is 14.4 Å². The van der Waals surface area contributed by atoms with E-state index < -0.39 is 11.8 Å². The number of halogens is 2. The Balaban J connectivity index is 1.56. The van der Waals surface area contributed by atoms with Crippen LogP contribution in [0, 0.1) is 0 Å². The van der Waals surface area contributed by atoms with Crippen LogP contribution in [0.15, 0.2) is 48.5 Å². The van der Waals surface area contributed by atoms with Crippen molar-refractivity contribution >= 4 is 41.0 Å². The van der Waals surface area contributed by atoms with Gasteiger partial charge in [-0.15, -0.1) is 0 Å². The normalized spacial score (nSPS) is 10.3. The average molecular weight is 437 g/mol. The maximum Gasteiger partial charge on any atom is 0.305 e. The van der Waals surface area contributed by atoms with Gasteiger partial charge in [0.15, 0.2) is 0 Å². The molecule has 6 nitrogen and oxygen atoms in total. The molecule has 0 aliphatic carbocycles. The summed E-state index contributed by atoms with van der Waals surface area (Å²) in [5, 5.41) is 0.585. The molecule has 2 aromatic rings. The van der Waals surface area contributed by atoms with E-state index in [0.29, 0.717) is 18.1 Å². The molecule has 0 saturated carbocycles. The fourth-order valence-electron chi connectivity index (χ4n) is 2.50. The molecular formula is C21H22Cl2N2O4. The summed E-state index contributed by atoms with van der Waals surface area (Å²) in [6.07, 6.45) is 2.12. The fourth-order valence-corrected chi connectivity index (χ4v) is 3.00. The van der Waals surface area contributed by atoms with Crippen LogP contribution in [0.25, 0.3) is 0 Å². The highest BCUT2D eigenvalue weighted by atomic mass is 35.5. The molecule has 2 rings (SSSR count). The Bertz CT molecular complexity index is 844. The Morgan fingerprint density at radius 2 is 1.66 bits per heavy atom. The van der Waals surface area contributed by atoms with E-state index >= 15 is 0 Å². The summed E-state index contributed by atoms with van der Waals surface area (Å²) < 4.78 is 5.16. The summed E-state index contributed by atoms with van der Waals surface area (Å²) in [5.41, 5.74) is 5.94. The molecule has 2 amide bonds. The van der Waals surface area contributed by atoms with Gasteiger partial charge < -0.3 is 4.74 Å². The van der Waals surface area contributed by atoms with Crippen LogP contribution in [-0.4, -0.2) is 24.4 Å². The second-order valence-corrected chi connectivity index (χ2v) is 7.13. The third kappa shape index (κ3) is 8.54. The van der Waals surface area contributed by atoms with E-state index in [4.69, 9.17) is 27.9 Å². The molecule has 0 aliphatic heterocycles. The second-order valence-electron chi connectivity index (χ2n) is 6.29. The number of hydrogen-bond acceptors (Lipinski definition) is 4. The number of hydrogen-bond donors (Lipinski definition) is 2. The van der Waals surface area contributed by atoms with Crippen molar-refractivity contribution in [3.8, 4) is 0 Å². The monoisotopic (exact) mass is 436 g/mol. The maximum absolute atomic E-state index is 12.0. The summed E-state index contributed by atoms with van der Waals surface area (Å²) in [6.45, 7) is 0.345. The molecule has 0 bridgehead atoms. The molecule has 0 spiro atoms. The highest BCUT2D eigenvalue weighted by molar-refractivity contribution is 6.36. The first-order chi connectivity index (χ1) is 14.0. The lowest BCUT2D eigenvalue weighted by atomic mass is 10.1. The van der Waals surface area contributed by atoms with Crippen molar-refractivity contribution in [3.63, 3.8) is 0 Å². The molecule has 0 unspecified atom stereocenters. The van der Waals surface area contributed by atoms with Gasteiger partial charge in [-0.2, -0.15) is 0 Å². The minimum Gasteiger partial charge on any atom is -0.466 e. The molecule has 0 fully saturated rings. The van der Waals surface area contributed by atoms with Gasteiger partial charge >= 0.3 is 5.97 Å². The lowest BCUT2D eigenvalue weighted by molar-refractivity contribution is -0.143. The molecule has 0 atom stereocenters. The van der Waals surface area contributed by atoms with Gasteiger partial charge in [-0.1, -0.05) is 53.5 Å². The number of hydrazine groups is 1. The number of benzene rings is 2. The Labute approximate surface area is 179 Å². The molecule has 0 aliphatic rings. The van der Waals surface area contributed by atoms with Gasteiger partial charge in [-0.25, -0.2) is 0 Å². The summed E-state index contributed by atoms with van der Waals surface area (Å²) in [5.74, 6) is -1.32. The van der Waals surface area contributed by atoms with Gasteiger partial charge in [0, 0.05) is 17.9 Å². The number of ether oxygens (including phenoxy) is 1. The van der Waals surface area contributed by atoms with E-state index in [-0.39, 0.29) is 29.4 Å². The molecule has 8 heteroatoms. The van der Waals surface area contributed by atoms with Crippen LogP contribution in [-0.2, 0) is 20.7 Å². The number of carbonyl (C=O) groups excluding carboxylic acids is 3. The number of aryl methyl sites for hydroxylation is 1. The summed E-state index contributed by atoms with van der Waals surface area (Å²) in [7, 11) is 0.